The van der Waals surface area contributed by atoms with Crippen molar-refractivity contribution in [2.75, 3.05) is 6.61 Å². The SMILES string of the molecule is O=C1COc2c1ccc(F)c2Br. The number of ether oxygens (including phenoxy) is 1. The highest BCUT2D eigenvalue weighted by Gasteiger charge is 2.24. The molecule has 0 atom stereocenters. The molecule has 4 heteroatoms. The van der Waals surface area contributed by atoms with Gasteiger partial charge in [0.2, 0.25) is 5.78 Å². The fraction of sp³-hybridized carbons (Fsp3) is 0.125. The molecule has 0 fully saturated rings. The normalized spacial score (nSPS) is 14.3. The lowest BCUT2D eigenvalue weighted by molar-refractivity contribution is 0.0961. The Labute approximate surface area is 76.5 Å². The fourth-order valence-corrected chi connectivity index (χ4v) is 1.57. The van der Waals surface area contributed by atoms with Crippen molar-refractivity contribution >= 4 is 21.7 Å². The van der Waals surface area contributed by atoms with Gasteiger partial charge >= 0.3 is 0 Å². The number of Topliss-reactive ketones (excluding diaryl/α,β-unsaturated/α-hetero) is 1. The smallest absolute Gasteiger partial charge is 0.203 e. The lowest BCUT2D eigenvalue weighted by Crippen LogP contribution is -1.98. The van der Waals surface area contributed by atoms with Crippen LogP contribution in [0.3, 0.4) is 0 Å². The fourth-order valence-electron chi connectivity index (χ4n) is 1.11. The third kappa shape index (κ3) is 0.948. The van der Waals surface area contributed by atoms with Crippen LogP contribution < -0.4 is 4.74 Å². The van der Waals surface area contributed by atoms with Crippen LogP contribution in [0.25, 0.3) is 0 Å². The van der Waals surface area contributed by atoms with Crippen LogP contribution in [-0.2, 0) is 0 Å². The highest BCUT2D eigenvalue weighted by Crippen LogP contribution is 2.35. The van der Waals surface area contributed by atoms with Crippen LogP contribution in [0.2, 0.25) is 0 Å². The number of rotatable bonds is 0. The third-order valence-electron chi connectivity index (χ3n) is 1.70. The molecular formula is C8H4BrFO2. The maximum atomic E-state index is 12.9. The molecule has 12 heavy (non-hydrogen) atoms. The van der Waals surface area contributed by atoms with E-state index in [1.165, 1.54) is 12.1 Å². The Bertz CT molecular complexity index is 362. The van der Waals surface area contributed by atoms with Crippen LogP contribution >= 0.6 is 15.9 Å². The Morgan fingerprint density at radius 2 is 2.25 bits per heavy atom. The van der Waals surface area contributed by atoms with E-state index in [4.69, 9.17) is 4.74 Å². The van der Waals surface area contributed by atoms with Crippen LogP contribution in [0.15, 0.2) is 16.6 Å². The van der Waals surface area contributed by atoms with E-state index in [0.717, 1.165) is 0 Å². The van der Waals surface area contributed by atoms with Crippen LogP contribution in [0.4, 0.5) is 4.39 Å². The van der Waals surface area contributed by atoms with Gasteiger partial charge in [0.05, 0.1) is 10.0 Å². The zero-order chi connectivity index (χ0) is 8.72. The predicted octanol–water partition coefficient (Wildman–Crippen LogP) is 2.16. The van der Waals surface area contributed by atoms with Crippen molar-refractivity contribution in [3.8, 4) is 5.75 Å². The Balaban J connectivity index is 2.68. The lowest BCUT2D eigenvalue weighted by Gasteiger charge is -2.00. The molecule has 0 bridgehead atoms. The summed E-state index contributed by atoms with van der Waals surface area (Å²) in [5.41, 5.74) is 0.447. The summed E-state index contributed by atoms with van der Waals surface area (Å²) in [4.78, 5) is 11.1. The second-order valence-electron chi connectivity index (χ2n) is 2.45. The van der Waals surface area contributed by atoms with E-state index < -0.39 is 5.82 Å². The van der Waals surface area contributed by atoms with Gasteiger partial charge in [-0.1, -0.05) is 0 Å². The van der Waals surface area contributed by atoms with Gasteiger partial charge in [-0.15, -0.1) is 0 Å². The van der Waals surface area contributed by atoms with Gasteiger partial charge in [0, 0.05) is 0 Å². The van der Waals surface area contributed by atoms with E-state index in [1.807, 2.05) is 0 Å². The molecule has 2 nitrogen and oxygen atoms in total. The second-order valence-corrected chi connectivity index (χ2v) is 3.24. The van der Waals surface area contributed by atoms with Crippen LogP contribution in [-0.4, -0.2) is 12.4 Å². The van der Waals surface area contributed by atoms with Gasteiger partial charge in [-0.2, -0.15) is 0 Å². The van der Waals surface area contributed by atoms with E-state index in [1.54, 1.807) is 0 Å². The monoisotopic (exact) mass is 230 g/mol. The molecule has 0 spiro atoms. The summed E-state index contributed by atoms with van der Waals surface area (Å²) in [7, 11) is 0. The zero-order valence-electron chi connectivity index (χ0n) is 5.93. The van der Waals surface area contributed by atoms with E-state index in [9.17, 15) is 9.18 Å². The number of carbonyl (C=O) groups is 1. The molecule has 1 aliphatic heterocycles. The summed E-state index contributed by atoms with van der Waals surface area (Å²) >= 11 is 3.01. The minimum Gasteiger partial charge on any atom is -0.483 e. The first-order valence-electron chi connectivity index (χ1n) is 3.34. The number of benzene rings is 1. The molecule has 1 heterocycles. The quantitative estimate of drug-likeness (QED) is 0.683. The summed E-state index contributed by atoms with van der Waals surface area (Å²) in [6, 6.07) is 2.68. The summed E-state index contributed by atoms with van der Waals surface area (Å²) in [6.45, 7) is 0.0113. The molecule has 0 radical (unpaired) electrons. The highest BCUT2D eigenvalue weighted by atomic mass is 79.9. The van der Waals surface area contributed by atoms with Gasteiger partial charge < -0.3 is 4.74 Å². The van der Waals surface area contributed by atoms with Crippen LogP contribution in [0, 0.1) is 5.82 Å². The largest absolute Gasteiger partial charge is 0.483 e. The average molecular weight is 231 g/mol. The molecule has 1 aromatic rings. The predicted molar refractivity (Wildman–Crippen MR) is 43.9 cm³/mol. The summed E-state index contributed by atoms with van der Waals surface area (Å²) in [6.07, 6.45) is 0. The Morgan fingerprint density at radius 1 is 1.50 bits per heavy atom. The zero-order valence-corrected chi connectivity index (χ0v) is 7.52. The topological polar surface area (TPSA) is 26.3 Å². The Hall–Kier alpha value is -0.900. The second kappa shape index (κ2) is 2.55. The molecule has 2 rings (SSSR count). The standard InChI is InChI=1S/C8H4BrFO2/c9-7-5(10)2-1-4-6(11)3-12-8(4)7/h1-2H,3H2. The summed E-state index contributed by atoms with van der Waals surface area (Å²) in [5, 5.41) is 0. The molecule has 0 N–H and O–H groups in total. The van der Waals surface area contributed by atoms with Crippen molar-refractivity contribution in [2.24, 2.45) is 0 Å². The number of fused-ring (bicyclic) bond motifs is 1. The highest BCUT2D eigenvalue weighted by molar-refractivity contribution is 9.10. The molecule has 1 aliphatic rings. The number of halogens is 2. The number of ketones is 1. The first kappa shape index (κ1) is 7.73. The van der Waals surface area contributed by atoms with Crippen molar-refractivity contribution in [3.63, 3.8) is 0 Å². The van der Waals surface area contributed by atoms with Gasteiger partial charge in [0.25, 0.3) is 0 Å². The van der Waals surface area contributed by atoms with Crippen molar-refractivity contribution in [2.45, 2.75) is 0 Å². The minimum absolute atomic E-state index is 0.0113. The van der Waals surface area contributed by atoms with Crippen LogP contribution in [0.5, 0.6) is 5.75 Å². The molecule has 0 unspecified atom stereocenters. The Kier molecular flexibility index (Phi) is 1.65. The van der Waals surface area contributed by atoms with E-state index >= 15 is 0 Å². The van der Waals surface area contributed by atoms with Crippen molar-refractivity contribution in [3.05, 3.63) is 28.0 Å². The van der Waals surface area contributed by atoms with E-state index in [2.05, 4.69) is 15.9 Å². The molecule has 62 valence electrons. The van der Waals surface area contributed by atoms with Gasteiger partial charge in [-0.25, -0.2) is 4.39 Å². The molecule has 0 saturated carbocycles. The molecule has 0 aliphatic carbocycles. The first-order chi connectivity index (χ1) is 5.70. The maximum Gasteiger partial charge on any atom is 0.203 e. The number of carbonyl (C=O) groups excluding carboxylic acids is 1. The van der Waals surface area contributed by atoms with Gasteiger partial charge in [0.1, 0.15) is 11.6 Å². The lowest BCUT2D eigenvalue weighted by atomic mass is 10.1. The summed E-state index contributed by atoms with van der Waals surface area (Å²) < 4.78 is 18.1. The molecule has 0 aromatic heterocycles. The molecular weight excluding hydrogens is 227 g/mol. The van der Waals surface area contributed by atoms with Gasteiger partial charge in [-0.05, 0) is 28.1 Å². The van der Waals surface area contributed by atoms with Gasteiger partial charge in [0.15, 0.2) is 6.61 Å². The van der Waals surface area contributed by atoms with Crippen LogP contribution in [0.1, 0.15) is 10.4 Å². The molecule has 0 amide bonds. The number of hydrogen-bond acceptors (Lipinski definition) is 2. The Morgan fingerprint density at radius 3 is 3.00 bits per heavy atom. The minimum atomic E-state index is -0.413. The molecule has 1 aromatic carbocycles. The average Bonchev–Trinajstić information content (AvgIpc) is 2.41. The third-order valence-corrected chi connectivity index (χ3v) is 2.44. The van der Waals surface area contributed by atoms with E-state index in [0.29, 0.717) is 11.3 Å². The molecule has 0 saturated heterocycles. The maximum absolute atomic E-state index is 12.9. The number of hydrogen-bond donors (Lipinski definition) is 0. The summed E-state index contributed by atoms with van der Waals surface area (Å²) in [5.74, 6) is -0.200. The van der Waals surface area contributed by atoms with Crippen molar-refractivity contribution in [1.29, 1.82) is 0 Å². The van der Waals surface area contributed by atoms with Crippen molar-refractivity contribution in [1.82, 2.24) is 0 Å². The van der Waals surface area contributed by atoms with E-state index in [-0.39, 0.29) is 16.9 Å². The first-order valence-corrected chi connectivity index (χ1v) is 4.13. The van der Waals surface area contributed by atoms with Gasteiger partial charge in [-0.3, -0.25) is 4.79 Å². The van der Waals surface area contributed by atoms with Crippen molar-refractivity contribution < 1.29 is 13.9 Å².